The van der Waals surface area contributed by atoms with Gasteiger partial charge in [-0.2, -0.15) is 5.10 Å². The van der Waals surface area contributed by atoms with Crippen LogP contribution in [0.25, 0.3) is 39.4 Å². The summed E-state index contributed by atoms with van der Waals surface area (Å²) in [5, 5.41) is 41.6. The number of aromatic nitrogens is 5. The van der Waals surface area contributed by atoms with Crippen LogP contribution < -0.4 is 16.6 Å². The number of carbonyl (C=O) groups is 2. The first kappa shape index (κ1) is 40.0. The maximum Gasteiger partial charge on any atom is 0.407 e. The lowest BCUT2D eigenvalue weighted by atomic mass is 9.68. The Morgan fingerprint density at radius 2 is 1.77 bits per heavy atom. The molecular formula is C47H44FN7O9. The van der Waals surface area contributed by atoms with E-state index in [1.165, 1.54) is 21.3 Å². The summed E-state index contributed by atoms with van der Waals surface area (Å²) in [7, 11) is 0. The van der Waals surface area contributed by atoms with E-state index in [2.05, 4.69) is 20.4 Å². The van der Waals surface area contributed by atoms with Gasteiger partial charge in [0.05, 0.1) is 46.3 Å². The summed E-state index contributed by atoms with van der Waals surface area (Å²) < 4.78 is 29.4. The van der Waals surface area contributed by atoms with E-state index < -0.39 is 41.3 Å². The summed E-state index contributed by atoms with van der Waals surface area (Å²) in [6.07, 6.45) is 1.89. The second kappa shape index (κ2) is 14.6. The van der Waals surface area contributed by atoms with Crippen molar-refractivity contribution in [1.29, 1.82) is 0 Å². The van der Waals surface area contributed by atoms with Crippen molar-refractivity contribution in [3.8, 4) is 40.0 Å². The van der Waals surface area contributed by atoms with Crippen LogP contribution in [-0.2, 0) is 40.4 Å². The van der Waals surface area contributed by atoms with Crippen LogP contribution in [0.2, 0.25) is 0 Å². The summed E-state index contributed by atoms with van der Waals surface area (Å²) in [6, 6.07) is 12.9. The molecule has 5 N–H and O–H groups in total. The fourth-order valence-corrected chi connectivity index (χ4v) is 10.8. The van der Waals surface area contributed by atoms with Crippen molar-refractivity contribution in [3.05, 3.63) is 120 Å². The minimum Gasteiger partial charge on any atom is -0.508 e. The van der Waals surface area contributed by atoms with Crippen LogP contribution in [0.15, 0.2) is 58.1 Å². The number of pyridine rings is 2. The number of H-pyrrole nitrogens is 1. The molecule has 328 valence electrons. The monoisotopic (exact) mass is 869 g/mol. The number of esters is 1. The van der Waals surface area contributed by atoms with E-state index in [4.69, 9.17) is 14.5 Å². The number of aliphatic hydroxyl groups excluding tert-OH is 1. The first-order valence-electron chi connectivity index (χ1n) is 21.5. The molecule has 0 radical (unpaired) electrons. The van der Waals surface area contributed by atoms with Crippen LogP contribution in [-0.4, -0.2) is 75.8 Å². The van der Waals surface area contributed by atoms with Gasteiger partial charge in [0.1, 0.15) is 30.0 Å². The molecule has 2 atom stereocenters. The number of nitrogens with one attached hydrogen (secondary N) is 2. The summed E-state index contributed by atoms with van der Waals surface area (Å²) in [4.78, 5) is 59.7. The van der Waals surface area contributed by atoms with Gasteiger partial charge in [-0.05, 0) is 110 Å². The van der Waals surface area contributed by atoms with Gasteiger partial charge in [-0.1, -0.05) is 12.1 Å². The number of halogens is 1. The predicted molar refractivity (Wildman–Crippen MR) is 228 cm³/mol. The van der Waals surface area contributed by atoms with Gasteiger partial charge in [0.25, 0.3) is 5.56 Å². The highest BCUT2D eigenvalue weighted by molar-refractivity contribution is 5.93. The number of cyclic esters (lactones) is 1. The van der Waals surface area contributed by atoms with Gasteiger partial charge in [-0.3, -0.25) is 9.69 Å². The molecule has 16 nitrogen and oxygen atoms in total. The number of alkyl carbamates (subject to hydrolysis) is 1. The minimum absolute atomic E-state index is 0.0553. The number of carbonyl (C=O) groups excluding carboxylic acids is 2. The Balaban J connectivity index is 0.746. The lowest BCUT2D eigenvalue weighted by Gasteiger charge is -2.53. The lowest BCUT2D eigenvalue weighted by molar-refractivity contribution is -0.157. The van der Waals surface area contributed by atoms with Crippen molar-refractivity contribution in [2.45, 2.75) is 90.3 Å². The fourth-order valence-electron chi connectivity index (χ4n) is 10.8. The zero-order chi connectivity index (χ0) is 44.3. The molecule has 6 heterocycles. The van der Waals surface area contributed by atoms with E-state index in [0.29, 0.717) is 52.1 Å². The largest absolute Gasteiger partial charge is 0.508 e. The molecule has 1 saturated heterocycles. The number of aryl methyl sites for hydroxylation is 2. The number of phenolic OH excluding ortho intramolecular Hbond substituents is 2. The van der Waals surface area contributed by atoms with Crippen LogP contribution in [0.1, 0.15) is 88.8 Å². The molecule has 2 fully saturated rings. The number of aliphatic hydroxyl groups is 1. The quantitative estimate of drug-likeness (QED) is 0.133. The first-order chi connectivity index (χ1) is 30.8. The van der Waals surface area contributed by atoms with E-state index in [1.807, 2.05) is 24.3 Å². The van der Waals surface area contributed by atoms with E-state index in [-0.39, 0.29) is 53.1 Å². The molecule has 1 spiro atoms. The number of aromatic amines is 1. The number of likely N-dealkylation sites (tertiary alicyclic amines) is 1. The highest BCUT2D eigenvalue weighted by Gasteiger charge is 2.46. The summed E-state index contributed by atoms with van der Waals surface area (Å²) in [5.41, 5.74) is 6.25. The Bertz CT molecular complexity index is 3100. The number of aromatic hydroxyl groups is 2. The third kappa shape index (κ3) is 6.31. The first-order valence-corrected chi connectivity index (χ1v) is 21.5. The number of benzene rings is 3. The fraction of sp³-hybridized carbons (Fsp3) is 0.362. The van der Waals surface area contributed by atoms with Gasteiger partial charge in [-0.15, -0.1) is 0 Å². The predicted octanol–water partition coefficient (Wildman–Crippen LogP) is 5.38. The molecular weight excluding hydrogens is 826 g/mol. The molecule has 64 heavy (non-hydrogen) atoms. The number of phenols is 2. The molecule has 3 aliphatic heterocycles. The highest BCUT2D eigenvalue weighted by atomic mass is 19.1. The maximum atomic E-state index is 15.3. The number of fused-ring (bicyclic) bond motifs is 5. The number of rotatable bonds is 6. The van der Waals surface area contributed by atoms with Crippen LogP contribution in [0.3, 0.4) is 0 Å². The Morgan fingerprint density at radius 3 is 2.53 bits per heavy atom. The van der Waals surface area contributed by atoms with Crippen molar-refractivity contribution in [1.82, 2.24) is 34.5 Å². The smallest absolute Gasteiger partial charge is 0.407 e. The van der Waals surface area contributed by atoms with Crippen LogP contribution in [0.4, 0.5) is 9.18 Å². The molecule has 6 aromatic rings. The number of nitrogens with zero attached hydrogens (tertiary/aromatic N) is 5. The Labute approximate surface area is 363 Å². The highest BCUT2D eigenvalue weighted by Crippen LogP contribution is 2.47. The van der Waals surface area contributed by atoms with Crippen molar-refractivity contribution in [2.24, 2.45) is 5.41 Å². The number of hydrogen-bond donors (Lipinski definition) is 5. The van der Waals surface area contributed by atoms with Gasteiger partial charge in [0, 0.05) is 48.3 Å². The standard InChI is InChI=1S/C47H44FN7O9/c1-22-13-29(37(57)16-36(22)56)42-51-52-45(61)55(42)25-5-3-24(4-6-25)17-53-20-47(21-53)11-9-26(10-12-47)64-46(62)50-33-8-7-27-23(2)32(48)15-34-38(27)39(33)30-18-54-35(40(30)49-34)14-28-31(43(54)59)19-63-44(60)41(28)58/h3-6,13-16,26,33,41,56-58H,7-12,17-21H2,1-2H3,(H,50,62)(H,52,61). The second-order valence-electron chi connectivity index (χ2n) is 18.1. The lowest BCUT2D eigenvalue weighted by Crippen LogP contribution is -2.57. The van der Waals surface area contributed by atoms with E-state index in [1.54, 1.807) is 26.0 Å². The Hall–Kier alpha value is -6.85. The molecule has 2 unspecified atom stereocenters. The molecule has 17 heteroatoms. The van der Waals surface area contributed by atoms with Crippen molar-refractivity contribution < 1.29 is 38.8 Å². The van der Waals surface area contributed by atoms with Crippen LogP contribution in [0, 0.1) is 25.1 Å². The number of hydrogen-bond acceptors (Lipinski definition) is 12. The summed E-state index contributed by atoms with van der Waals surface area (Å²) >= 11 is 0. The van der Waals surface area contributed by atoms with Crippen LogP contribution in [0.5, 0.6) is 11.5 Å². The molecule has 3 aromatic carbocycles. The topological polar surface area (TPSA) is 214 Å². The zero-order valence-corrected chi connectivity index (χ0v) is 35.0. The zero-order valence-electron chi connectivity index (χ0n) is 35.0. The Morgan fingerprint density at radius 1 is 1.00 bits per heavy atom. The van der Waals surface area contributed by atoms with Crippen molar-refractivity contribution in [2.75, 3.05) is 13.1 Å². The van der Waals surface area contributed by atoms with Gasteiger partial charge in [-0.25, -0.2) is 33.4 Å². The number of ether oxygens (including phenoxy) is 2. The molecule has 2 aliphatic carbocycles. The van der Waals surface area contributed by atoms with Gasteiger partial charge in [0.2, 0.25) is 0 Å². The third-order valence-corrected chi connectivity index (χ3v) is 14.2. The minimum atomic E-state index is -1.61. The van der Waals surface area contributed by atoms with Crippen molar-refractivity contribution >= 4 is 23.0 Å². The van der Waals surface area contributed by atoms with Gasteiger partial charge < -0.3 is 34.7 Å². The second-order valence-corrected chi connectivity index (χ2v) is 18.1. The SMILES string of the molecule is Cc1cc(-c2n[nH]c(=O)n2-c2ccc(CN3CC4(CCC(OC(=O)NC5CCc6c(C)c(F)cc7nc8c(c5c67)Cn5c-8cc6c(c5=O)COC(=O)C6O)CC4)C3)cc2)c(O)cc1O. The molecule has 11 rings (SSSR count). The van der Waals surface area contributed by atoms with Gasteiger partial charge in [0.15, 0.2) is 11.9 Å². The molecule has 1 saturated carbocycles. The summed E-state index contributed by atoms with van der Waals surface area (Å²) in [5.74, 6) is -1.25. The van der Waals surface area contributed by atoms with E-state index in [9.17, 15) is 34.5 Å². The molecule has 1 amide bonds. The van der Waals surface area contributed by atoms with Crippen molar-refractivity contribution in [3.63, 3.8) is 0 Å². The summed E-state index contributed by atoms with van der Waals surface area (Å²) in [6.45, 7) is 5.90. The van der Waals surface area contributed by atoms with Crippen LogP contribution >= 0.6 is 0 Å². The normalized spacial score (nSPS) is 19.8. The molecule has 3 aromatic heterocycles. The van der Waals surface area contributed by atoms with E-state index >= 15 is 4.39 Å². The molecule has 5 aliphatic rings. The van der Waals surface area contributed by atoms with E-state index in [0.717, 1.165) is 73.0 Å². The average Bonchev–Trinajstić information content (AvgIpc) is 3.83. The Kier molecular flexibility index (Phi) is 9.12. The third-order valence-electron chi connectivity index (χ3n) is 14.2. The number of amides is 1. The average molecular weight is 870 g/mol. The van der Waals surface area contributed by atoms with Gasteiger partial charge >= 0.3 is 17.8 Å². The molecule has 0 bridgehead atoms. The maximum absolute atomic E-state index is 15.3.